The minimum atomic E-state index is 0.523. The molecule has 0 amide bonds. The Kier molecular flexibility index (Phi) is 0.508. The van der Waals surface area contributed by atoms with Crippen LogP contribution in [0.3, 0.4) is 0 Å². The van der Waals surface area contributed by atoms with Crippen LogP contribution >= 0.6 is 0 Å². The van der Waals surface area contributed by atoms with Crippen LogP contribution in [0.4, 0.5) is 0 Å². The van der Waals surface area contributed by atoms with Crippen LogP contribution in [0, 0.1) is 11.3 Å². The molecule has 1 nitrogen and oxygen atoms in total. The summed E-state index contributed by atoms with van der Waals surface area (Å²) in [6, 6.07) is 2.03. The zero-order valence-electron chi connectivity index (χ0n) is 2.43. The van der Waals surface area contributed by atoms with Crippen molar-refractivity contribution in [1.82, 2.24) is 0 Å². The Hall–Kier alpha value is -0.251. The Morgan fingerprint density at radius 1 is 2.00 bits per heavy atom. The molecule has 1 heterocycles. The van der Waals surface area contributed by atoms with Gasteiger partial charge in [-0.2, -0.15) is 0 Å². The van der Waals surface area contributed by atoms with Gasteiger partial charge in [-0.15, -0.1) is 0 Å². The van der Waals surface area contributed by atoms with Crippen LogP contribution in [-0.2, 0) is 0 Å². The van der Waals surface area contributed by atoms with E-state index in [9.17, 15) is 0 Å². The summed E-state index contributed by atoms with van der Waals surface area (Å²) < 4.78 is 0.998. The predicted molar refractivity (Wildman–Crippen MR) is 19.4 cm³/mol. The molecule has 24 valence electrons. The van der Waals surface area contributed by atoms with Gasteiger partial charge in [0.15, 0.2) is 0 Å². The van der Waals surface area contributed by atoms with Gasteiger partial charge in [0.05, 0.1) is 0 Å². The first-order valence-electron chi connectivity index (χ1n) is 1.20. The third-order valence-corrected chi connectivity index (χ3v) is 1.53. The van der Waals surface area contributed by atoms with E-state index in [1.54, 1.807) is 0 Å². The molecular weight excluding hydrogens is 129 g/mol. The van der Waals surface area contributed by atoms with E-state index >= 15 is 0 Å². The number of hydrogen-bond acceptors (Lipinski definition) is 1. The average molecular weight is 130 g/mol. The number of rotatable bonds is 0. The second kappa shape index (κ2) is 0.857. The van der Waals surface area contributed by atoms with Crippen LogP contribution in [0.5, 0.6) is 0 Å². The molecule has 0 N–H and O–H groups in total. The zero-order chi connectivity index (χ0) is 3.70. The molecule has 5 heavy (non-hydrogen) atoms. The summed E-state index contributed by atoms with van der Waals surface area (Å²) in [5.74, 6) is 0. The molecule has 1 aliphatic rings. The third-order valence-electron chi connectivity index (χ3n) is 0.346. The molecule has 0 radical (unpaired) electrons. The summed E-state index contributed by atoms with van der Waals surface area (Å²) in [5.41, 5.74) is 0. The van der Waals surface area contributed by atoms with Gasteiger partial charge in [0.25, 0.3) is 0 Å². The molecule has 0 aromatic carbocycles. The van der Waals surface area contributed by atoms with Crippen molar-refractivity contribution in [2.24, 2.45) is 0 Å². The molecular formula is C3HNSe. The molecule has 0 fully saturated rings. The Balaban J connectivity index is 2.59. The van der Waals surface area contributed by atoms with Crippen molar-refractivity contribution < 1.29 is 0 Å². The van der Waals surface area contributed by atoms with Gasteiger partial charge >= 0.3 is 35.7 Å². The van der Waals surface area contributed by atoms with Gasteiger partial charge in [-0.1, -0.05) is 0 Å². The van der Waals surface area contributed by atoms with Crippen molar-refractivity contribution in [3.05, 3.63) is 9.45 Å². The molecule has 0 atom stereocenters. The molecule has 0 spiro atoms. The molecule has 2 heteroatoms. The maximum absolute atomic E-state index is 7.90. The van der Waals surface area contributed by atoms with Crippen molar-refractivity contribution in [3.8, 4) is 6.07 Å². The SMILES string of the molecule is N#CC1=C[Se]1. The fraction of sp³-hybridized carbons (Fsp3) is 0. The van der Waals surface area contributed by atoms with Gasteiger partial charge in [-0.05, 0) is 0 Å². The zero-order valence-corrected chi connectivity index (χ0v) is 4.15. The number of allylic oxidation sites excluding steroid dienone is 1. The van der Waals surface area contributed by atoms with Crippen LogP contribution in [0.25, 0.3) is 0 Å². The normalized spacial score (nSPS) is 16.2. The average Bonchev–Trinajstić information content (AvgIpc) is 2.12. The first kappa shape index (κ1) is 2.96. The molecule has 0 aromatic heterocycles. The molecule has 0 aliphatic carbocycles. The summed E-state index contributed by atoms with van der Waals surface area (Å²) in [5, 5.41) is 7.90. The summed E-state index contributed by atoms with van der Waals surface area (Å²) in [4.78, 5) is 1.97. The molecule has 1 aliphatic heterocycles. The van der Waals surface area contributed by atoms with Crippen molar-refractivity contribution in [3.63, 3.8) is 0 Å². The second-order valence-corrected chi connectivity index (χ2v) is 2.62. The first-order chi connectivity index (χ1) is 2.43. The second-order valence-electron chi connectivity index (χ2n) is 0.712. The Morgan fingerprint density at radius 3 is 2.60 bits per heavy atom. The van der Waals surface area contributed by atoms with Gasteiger partial charge in [-0.3, -0.25) is 0 Å². The first-order valence-corrected chi connectivity index (χ1v) is 3.05. The van der Waals surface area contributed by atoms with E-state index in [2.05, 4.69) is 0 Å². The van der Waals surface area contributed by atoms with Crippen LogP contribution < -0.4 is 0 Å². The van der Waals surface area contributed by atoms with Gasteiger partial charge < -0.3 is 0 Å². The van der Waals surface area contributed by atoms with Crippen molar-refractivity contribution in [2.45, 2.75) is 0 Å². The quantitative estimate of drug-likeness (QED) is 0.425. The summed E-state index contributed by atoms with van der Waals surface area (Å²) in [7, 11) is 0. The maximum atomic E-state index is 7.90. The Bertz CT molecular complexity index is 109. The fourth-order valence-corrected chi connectivity index (χ4v) is 0.427. The molecule has 0 bridgehead atoms. The van der Waals surface area contributed by atoms with E-state index in [0.717, 1.165) is 4.47 Å². The Labute approximate surface area is 36.4 Å². The summed E-state index contributed by atoms with van der Waals surface area (Å²) in [6.07, 6.45) is 0. The van der Waals surface area contributed by atoms with E-state index in [1.165, 1.54) is 0 Å². The van der Waals surface area contributed by atoms with E-state index in [4.69, 9.17) is 5.26 Å². The molecule has 0 aromatic rings. The van der Waals surface area contributed by atoms with Crippen LogP contribution in [-0.4, -0.2) is 15.0 Å². The number of hydrogen-bond donors (Lipinski definition) is 0. The molecule has 0 saturated heterocycles. The summed E-state index contributed by atoms with van der Waals surface area (Å²) >= 11 is 0.523. The fourth-order valence-electron chi connectivity index (χ4n) is 0.0822. The van der Waals surface area contributed by atoms with Crippen molar-refractivity contribution in [2.75, 3.05) is 0 Å². The van der Waals surface area contributed by atoms with Gasteiger partial charge in [0.1, 0.15) is 0 Å². The van der Waals surface area contributed by atoms with Crippen LogP contribution in [0.2, 0.25) is 0 Å². The van der Waals surface area contributed by atoms with Gasteiger partial charge in [-0.25, -0.2) is 0 Å². The van der Waals surface area contributed by atoms with Crippen molar-refractivity contribution in [1.29, 1.82) is 5.26 Å². The van der Waals surface area contributed by atoms with Gasteiger partial charge in [0, 0.05) is 0 Å². The minimum absolute atomic E-state index is 0.523. The molecule has 0 saturated carbocycles. The standard InChI is InChI=1S/C3HNSe/c4-1-3-2-5-3/h2H. The molecule has 0 unspecified atom stereocenters. The number of nitriles is 1. The van der Waals surface area contributed by atoms with E-state index in [-0.39, 0.29) is 0 Å². The predicted octanol–water partition coefficient (Wildman–Crippen LogP) is 0.0692. The third kappa shape index (κ3) is 0.509. The van der Waals surface area contributed by atoms with E-state index in [0.29, 0.717) is 15.0 Å². The summed E-state index contributed by atoms with van der Waals surface area (Å²) in [6.45, 7) is 0. The number of nitrogens with zero attached hydrogens (tertiary/aromatic N) is 1. The van der Waals surface area contributed by atoms with E-state index in [1.807, 2.05) is 11.0 Å². The molecule has 1 rings (SSSR count). The van der Waals surface area contributed by atoms with Gasteiger partial charge in [0.2, 0.25) is 0 Å². The van der Waals surface area contributed by atoms with Crippen LogP contribution in [0.15, 0.2) is 9.45 Å². The Morgan fingerprint density at radius 2 is 2.60 bits per heavy atom. The monoisotopic (exact) mass is 131 g/mol. The van der Waals surface area contributed by atoms with Crippen LogP contribution in [0.1, 0.15) is 0 Å². The van der Waals surface area contributed by atoms with E-state index < -0.39 is 0 Å². The van der Waals surface area contributed by atoms with Crippen molar-refractivity contribution >= 4 is 15.0 Å². The topological polar surface area (TPSA) is 23.8 Å².